The van der Waals surface area contributed by atoms with Gasteiger partial charge in [-0.25, -0.2) is 8.42 Å². The third kappa shape index (κ3) is 8.36. The Morgan fingerprint density at radius 2 is 1.45 bits per heavy atom. The predicted molar refractivity (Wildman–Crippen MR) is 162 cm³/mol. The van der Waals surface area contributed by atoms with E-state index < -0.39 is 28.5 Å². The summed E-state index contributed by atoms with van der Waals surface area (Å²) in [6.45, 7) is 3.10. The van der Waals surface area contributed by atoms with E-state index in [-0.39, 0.29) is 35.6 Å². The molecule has 3 aromatic rings. The molecule has 2 amide bonds. The van der Waals surface area contributed by atoms with E-state index in [0.717, 1.165) is 16.1 Å². The molecule has 0 bridgehead atoms. The summed E-state index contributed by atoms with van der Waals surface area (Å²) in [5.74, 6) is -1.00. The van der Waals surface area contributed by atoms with E-state index in [4.69, 9.17) is 34.8 Å². The number of sulfonamides is 1. The van der Waals surface area contributed by atoms with Gasteiger partial charge in [-0.2, -0.15) is 0 Å². The Morgan fingerprint density at radius 3 is 2.02 bits per heavy atom. The Hall–Kier alpha value is -2.78. The van der Waals surface area contributed by atoms with Crippen LogP contribution in [0.2, 0.25) is 15.1 Å². The molecule has 0 aliphatic carbocycles. The number of hydrogen-bond acceptors (Lipinski definition) is 4. The molecular formula is C29H32Cl3N3O4S. The predicted octanol–water partition coefficient (Wildman–Crippen LogP) is 5.97. The number of nitrogens with zero attached hydrogens (tertiary/aromatic N) is 2. The summed E-state index contributed by atoms with van der Waals surface area (Å²) in [7, 11) is -3.94. The Morgan fingerprint density at radius 1 is 0.875 bits per heavy atom. The smallest absolute Gasteiger partial charge is 0.244 e. The lowest BCUT2D eigenvalue weighted by molar-refractivity contribution is -0.140. The van der Waals surface area contributed by atoms with Crippen molar-refractivity contribution in [2.24, 2.45) is 0 Å². The van der Waals surface area contributed by atoms with Crippen molar-refractivity contribution in [3.63, 3.8) is 0 Å². The molecule has 0 aliphatic heterocycles. The van der Waals surface area contributed by atoms with Crippen molar-refractivity contribution in [3.8, 4) is 0 Å². The molecule has 0 heterocycles. The summed E-state index contributed by atoms with van der Waals surface area (Å²) < 4.78 is 26.7. The third-order valence-electron chi connectivity index (χ3n) is 6.46. The number of hydrogen-bond donors (Lipinski definition) is 1. The molecule has 0 aliphatic rings. The van der Waals surface area contributed by atoms with Gasteiger partial charge in [-0.3, -0.25) is 13.9 Å². The molecule has 0 unspecified atom stereocenters. The number of amides is 2. The minimum Gasteiger partial charge on any atom is -0.352 e. The first-order chi connectivity index (χ1) is 18.9. The van der Waals surface area contributed by atoms with Crippen molar-refractivity contribution < 1.29 is 18.0 Å². The molecule has 2 atom stereocenters. The lowest BCUT2D eigenvalue weighted by Crippen LogP contribution is -2.54. The molecule has 0 aromatic heterocycles. The fourth-order valence-corrected chi connectivity index (χ4v) is 5.76. The molecule has 214 valence electrons. The van der Waals surface area contributed by atoms with E-state index in [1.54, 1.807) is 36.4 Å². The largest absolute Gasteiger partial charge is 0.352 e. The SMILES string of the molecule is CC[C@@H](C)NC(=O)[C@H](Cc1ccccc1)N(Cc1c(Cl)cccc1Cl)C(=O)CN(c1ccccc1Cl)S(C)(=O)=O. The van der Waals surface area contributed by atoms with Gasteiger partial charge in [0.1, 0.15) is 12.6 Å². The fourth-order valence-electron chi connectivity index (χ4n) is 4.10. The van der Waals surface area contributed by atoms with Gasteiger partial charge in [-0.1, -0.05) is 90.3 Å². The van der Waals surface area contributed by atoms with Gasteiger partial charge < -0.3 is 10.2 Å². The maximum absolute atomic E-state index is 14.1. The van der Waals surface area contributed by atoms with Crippen LogP contribution in [0.5, 0.6) is 0 Å². The number of carbonyl (C=O) groups excluding carboxylic acids is 2. The standard InChI is InChI=1S/C29H32Cl3N3O4S/c1-4-20(2)33-29(37)27(17-21-11-6-5-7-12-21)34(18-22-23(30)14-10-15-24(22)31)28(36)19-35(40(3,38)39)26-16-9-8-13-25(26)32/h5-16,20,27H,4,17-19H2,1-3H3,(H,33,37)/t20-,27+/m1/s1. The second kappa shape index (κ2) is 14.2. The van der Waals surface area contributed by atoms with Gasteiger partial charge in [0.05, 0.1) is 17.0 Å². The first-order valence-electron chi connectivity index (χ1n) is 12.7. The molecule has 7 nitrogen and oxygen atoms in total. The lowest BCUT2D eigenvalue weighted by atomic mass is 10.0. The van der Waals surface area contributed by atoms with E-state index in [2.05, 4.69) is 5.32 Å². The minimum absolute atomic E-state index is 0.122. The molecule has 0 saturated carbocycles. The van der Waals surface area contributed by atoms with E-state index in [1.807, 2.05) is 44.2 Å². The van der Waals surface area contributed by atoms with Gasteiger partial charge >= 0.3 is 0 Å². The fraction of sp³-hybridized carbons (Fsp3) is 0.310. The zero-order chi connectivity index (χ0) is 29.4. The molecule has 0 saturated heterocycles. The molecule has 1 N–H and O–H groups in total. The Bertz CT molecular complexity index is 1420. The van der Waals surface area contributed by atoms with Crippen LogP contribution < -0.4 is 9.62 Å². The highest BCUT2D eigenvalue weighted by atomic mass is 35.5. The van der Waals surface area contributed by atoms with Crippen molar-refractivity contribution in [1.29, 1.82) is 0 Å². The van der Waals surface area contributed by atoms with Gasteiger partial charge in [-0.05, 0) is 43.2 Å². The van der Waals surface area contributed by atoms with Gasteiger partial charge in [-0.15, -0.1) is 0 Å². The van der Waals surface area contributed by atoms with Gasteiger partial charge in [0, 0.05) is 34.6 Å². The van der Waals surface area contributed by atoms with E-state index >= 15 is 0 Å². The van der Waals surface area contributed by atoms with Crippen LogP contribution >= 0.6 is 34.8 Å². The molecule has 11 heteroatoms. The Kier molecular flexibility index (Phi) is 11.3. The number of carbonyl (C=O) groups is 2. The number of anilines is 1. The van der Waals surface area contributed by atoms with Crippen LogP contribution in [-0.2, 0) is 32.6 Å². The number of rotatable bonds is 12. The van der Waals surface area contributed by atoms with Crippen LogP contribution in [0.15, 0.2) is 72.8 Å². The quantitative estimate of drug-likeness (QED) is 0.269. The first kappa shape index (κ1) is 31.7. The molecule has 3 aromatic carbocycles. The Balaban J connectivity index is 2.12. The highest BCUT2D eigenvalue weighted by Crippen LogP contribution is 2.30. The van der Waals surface area contributed by atoms with Crippen LogP contribution in [0.1, 0.15) is 31.4 Å². The molecular weight excluding hydrogens is 593 g/mol. The van der Waals surface area contributed by atoms with Crippen molar-refractivity contribution in [2.75, 3.05) is 17.1 Å². The molecule has 0 fully saturated rings. The zero-order valence-corrected chi connectivity index (χ0v) is 25.6. The second-order valence-corrected chi connectivity index (χ2v) is 12.6. The number of nitrogens with one attached hydrogen (secondary N) is 1. The number of benzene rings is 3. The van der Waals surface area contributed by atoms with Crippen LogP contribution in [0, 0.1) is 0 Å². The average Bonchev–Trinajstić information content (AvgIpc) is 2.91. The van der Waals surface area contributed by atoms with Crippen LogP contribution in [0.25, 0.3) is 0 Å². The van der Waals surface area contributed by atoms with Gasteiger partial charge in [0.25, 0.3) is 0 Å². The summed E-state index contributed by atoms with van der Waals surface area (Å²) in [6.07, 6.45) is 1.86. The van der Waals surface area contributed by atoms with Crippen LogP contribution in [-0.4, -0.2) is 50.0 Å². The zero-order valence-electron chi connectivity index (χ0n) is 22.5. The van der Waals surface area contributed by atoms with Gasteiger partial charge in [0.2, 0.25) is 21.8 Å². The van der Waals surface area contributed by atoms with E-state index in [9.17, 15) is 18.0 Å². The van der Waals surface area contributed by atoms with E-state index in [1.165, 1.54) is 11.0 Å². The molecule has 3 rings (SSSR count). The monoisotopic (exact) mass is 623 g/mol. The Labute approximate surface area is 251 Å². The van der Waals surface area contributed by atoms with Crippen LogP contribution in [0.3, 0.4) is 0 Å². The topological polar surface area (TPSA) is 86.8 Å². The summed E-state index contributed by atoms with van der Waals surface area (Å²) in [5, 5.41) is 3.77. The third-order valence-corrected chi connectivity index (χ3v) is 8.62. The number of para-hydroxylation sites is 1. The van der Waals surface area contributed by atoms with Crippen molar-refractivity contribution in [3.05, 3.63) is 99.0 Å². The highest BCUT2D eigenvalue weighted by molar-refractivity contribution is 7.92. The summed E-state index contributed by atoms with van der Waals surface area (Å²) in [4.78, 5) is 29.2. The summed E-state index contributed by atoms with van der Waals surface area (Å²) in [5.41, 5.74) is 1.41. The number of halogens is 3. The highest BCUT2D eigenvalue weighted by Gasteiger charge is 2.34. The summed E-state index contributed by atoms with van der Waals surface area (Å²) in [6, 6.07) is 19.4. The van der Waals surface area contributed by atoms with E-state index in [0.29, 0.717) is 22.0 Å². The van der Waals surface area contributed by atoms with Crippen molar-refractivity contribution in [2.45, 2.75) is 45.3 Å². The molecule has 0 radical (unpaired) electrons. The maximum atomic E-state index is 14.1. The first-order valence-corrected chi connectivity index (χ1v) is 15.7. The second-order valence-electron chi connectivity index (χ2n) is 9.47. The molecule has 0 spiro atoms. The average molecular weight is 625 g/mol. The van der Waals surface area contributed by atoms with Crippen molar-refractivity contribution >= 4 is 62.3 Å². The normalized spacial score (nSPS) is 12.8. The minimum atomic E-state index is -3.94. The van der Waals surface area contributed by atoms with Gasteiger partial charge in [0.15, 0.2) is 0 Å². The van der Waals surface area contributed by atoms with Crippen molar-refractivity contribution in [1.82, 2.24) is 10.2 Å². The van der Waals surface area contributed by atoms with Crippen LogP contribution in [0.4, 0.5) is 5.69 Å². The summed E-state index contributed by atoms with van der Waals surface area (Å²) >= 11 is 19.3. The molecule has 40 heavy (non-hydrogen) atoms. The lowest BCUT2D eigenvalue weighted by Gasteiger charge is -2.34. The maximum Gasteiger partial charge on any atom is 0.244 e.